The zero-order valence-corrected chi connectivity index (χ0v) is 13.8. The Morgan fingerprint density at radius 3 is 2.00 bits per heavy atom. The molecule has 6 nitrogen and oxygen atoms in total. The first kappa shape index (κ1) is 20.6. The second-order valence-corrected chi connectivity index (χ2v) is 5.91. The molecule has 1 saturated heterocycles. The molecule has 1 aliphatic heterocycles. The number of hydrogen-bond acceptors (Lipinski definition) is 4. The van der Waals surface area contributed by atoms with Gasteiger partial charge in [-0.05, 0) is 12.8 Å². The molecule has 1 fully saturated rings. The van der Waals surface area contributed by atoms with Crippen LogP contribution in [0.4, 0.5) is 0 Å². The van der Waals surface area contributed by atoms with Crippen molar-refractivity contribution >= 4 is 14.2 Å². The van der Waals surface area contributed by atoms with E-state index in [-0.39, 0.29) is 18.5 Å². The van der Waals surface area contributed by atoms with Crippen LogP contribution in [0, 0.1) is 0 Å². The average molecular weight is 324 g/mol. The quantitative estimate of drug-likeness (QED) is 0.342. The highest BCUT2D eigenvalue weighted by Gasteiger charge is 2.32. The third-order valence-corrected chi connectivity index (χ3v) is 3.43. The van der Waals surface area contributed by atoms with Crippen LogP contribution in [0.15, 0.2) is 0 Å². The maximum Gasteiger partial charge on any atom is 0.314 e. The van der Waals surface area contributed by atoms with Crippen LogP contribution in [0.5, 0.6) is 0 Å². The fourth-order valence-corrected chi connectivity index (χ4v) is 2.33. The maximum absolute atomic E-state index is 10.9. The molecule has 0 amide bonds. The van der Waals surface area contributed by atoms with Crippen molar-refractivity contribution in [1.82, 2.24) is 0 Å². The van der Waals surface area contributed by atoms with E-state index in [4.69, 9.17) is 19.1 Å². The number of cyclic esters (lactones) is 1. The second kappa shape index (κ2) is 13.3. The number of carbonyl (C=O) groups excluding carboxylic acids is 1. The van der Waals surface area contributed by atoms with Crippen molar-refractivity contribution in [1.29, 1.82) is 0 Å². The molecule has 0 aliphatic carbocycles. The third-order valence-electron chi connectivity index (χ3n) is 3.43. The zero-order valence-electron chi connectivity index (χ0n) is 12.8. The van der Waals surface area contributed by atoms with E-state index in [1.807, 2.05) is 0 Å². The van der Waals surface area contributed by atoms with Crippen LogP contribution in [-0.4, -0.2) is 33.1 Å². The normalized spacial score (nSPS) is 21.1. The van der Waals surface area contributed by atoms with E-state index in [0.717, 1.165) is 12.8 Å². The Hall–Kier alpha value is -0.420. The Bertz CT molecular complexity index is 293. The maximum atomic E-state index is 10.9. The first-order valence-electron chi connectivity index (χ1n) is 7.76. The van der Waals surface area contributed by atoms with Gasteiger partial charge in [-0.25, -0.2) is 0 Å². The van der Waals surface area contributed by atoms with Gasteiger partial charge in [0.15, 0.2) is 0 Å². The van der Waals surface area contributed by atoms with E-state index in [0.29, 0.717) is 0 Å². The van der Waals surface area contributed by atoms with E-state index in [9.17, 15) is 9.90 Å². The third kappa shape index (κ3) is 13.0. The van der Waals surface area contributed by atoms with Gasteiger partial charge in [-0.3, -0.25) is 9.36 Å². The van der Waals surface area contributed by atoms with Gasteiger partial charge in [0.1, 0.15) is 12.2 Å². The Labute approximate surface area is 127 Å². The van der Waals surface area contributed by atoms with Gasteiger partial charge in [0.2, 0.25) is 0 Å². The minimum absolute atomic E-state index is 0.182. The highest BCUT2D eigenvalue weighted by molar-refractivity contribution is 7.30. The van der Waals surface area contributed by atoms with Crippen LogP contribution in [0.2, 0.25) is 0 Å². The van der Waals surface area contributed by atoms with Crippen molar-refractivity contribution in [2.75, 3.05) is 0 Å². The molecule has 2 atom stereocenters. The molecule has 0 aromatic heterocycles. The van der Waals surface area contributed by atoms with Crippen LogP contribution < -0.4 is 0 Å². The molecule has 0 aromatic rings. The van der Waals surface area contributed by atoms with Crippen molar-refractivity contribution in [2.24, 2.45) is 0 Å². The Morgan fingerprint density at radius 2 is 1.57 bits per heavy atom. The van der Waals surface area contributed by atoms with Gasteiger partial charge in [0.05, 0.1) is 6.42 Å². The van der Waals surface area contributed by atoms with E-state index < -0.39 is 14.4 Å². The molecule has 1 heterocycles. The molecule has 2 unspecified atom stereocenters. The first-order valence-corrected chi connectivity index (χ1v) is 9.07. The minimum atomic E-state index is -3.13. The number of aliphatic hydroxyl groups excluding tert-OH is 1. The van der Waals surface area contributed by atoms with Gasteiger partial charge in [-0.2, -0.15) is 0 Å². The van der Waals surface area contributed by atoms with Gasteiger partial charge in [0, 0.05) is 0 Å². The number of unbranched alkanes of at least 4 members (excludes halogenated alkanes) is 7. The Morgan fingerprint density at radius 1 is 1.10 bits per heavy atom. The van der Waals surface area contributed by atoms with Crippen LogP contribution in [0.1, 0.15) is 71.1 Å². The van der Waals surface area contributed by atoms with Gasteiger partial charge in [-0.15, -0.1) is 0 Å². The highest BCUT2D eigenvalue weighted by atomic mass is 31.1. The summed E-state index contributed by atoms with van der Waals surface area (Å²) in [6.07, 6.45) is 10.4. The fourth-order valence-electron chi connectivity index (χ4n) is 2.33. The molecule has 0 spiro atoms. The number of aliphatic hydroxyl groups is 1. The van der Waals surface area contributed by atoms with Crippen molar-refractivity contribution in [3.05, 3.63) is 0 Å². The molecule has 0 saturated carbocycles. The summed E-state index contributed by atoms with van der Waals surface area (Å²) < 4.78 is 13.8. The van der Waals surface area contributed by atoms with Crippen molar-refractivity contribution < 1.29 is 29.0 Å². The van der Waals surface area contributed by atoms with Gasteiger partial charge in [-0.1, -0.05) is 51.9 Å². The summed E-state index contributed by atoms with van der Waals surface area (Å²) in [5.41, 5.74) is 0. The molecule has 21 heavy (non-hydrogen) atoms. The van der Waals surface area contributed by atoms with Crippen molar-refractivity contribution in [2.45, 2.75) is 83.3 Å². The monoisotopic (exact) mass is 324 g/mol. The summed E-state index contributed by atoms with van der Waals surface area (Å²) >= 11 is 0. The summed E-state index contributed by atoms with van der Waals surface area (Å²) in [7, 11) is -3.13. The molecule has 3 N–H and O–H groups in total. The molecule has 126 valence electrons. The van der Waals surface area contributed by atoms with Gasteiger partial charge >= 0.3 is 14.2 Å². The van der Waals surface area contributed by atoms with E-state index >= 15 is 0 Å². The summed E-state index contributed by atoms with van der Waals surface area (Å²) in [4.78, 5) is 25.2. The molecular weight excluding hydrogens is 295 g/mol. The first-order chi connectivity index (χ1) is 9.97. The van der Waals surface area contributed by atoms with Gasteiger partial charge in [0.25, 0.3) is 0 Å². The molecule has 0 radical (unpaired) electrons. The molecule has 0 bridgehead atoms. The predicted octanol–water partition coefficient (Wildman–Crippen LogP) is 2.55. The average Bonchev–Trinajstić information content (AvgIpc) is 2.70. The number of esters is 1. The fraction of sp³-hybridized carbons (Fsp3) is 0.929. The SMILES string of the molecule is CCCCCCCCCCC1OC(=O)CC1O.O=[PH](O)O. The lowest BCUT2D eigenvalue weighted by Gasteiger charge is -2.12. The van der Waals surface area contributed by atoms with E-state index in [2.05, 4.69) is 6.92 Å². The molecule has 7 heteroatoms. The molecular formula is C14H29O6P. The summed E-state index contributed by atoms with van der Waals surface area (Å²) in [6, 6.07) is 0. The topological polar surface area (TPSA) is 104 Å². The molecule has 0 aromatic carbocycles. The zero-order chi connectivity index (χ0) is 16.1. The predicted molar refractivity (Wildman–Crippen MR) is 81.2 cm³/mol. The lowest BCUT2D eigenvalue weighted by atomic mass is 10.0. The van der Waals surface area contributed by atoms with E-state index in [1.165, 1.54) is 44.9 Å². The summed E-state index contributed by atoms with van der Waals surface area (Å²) in [6.45, 7) is 2.23. The largest absolute Gasteiger partial charge is 0.460 e. The number of hydrogen-bond donors (Lipinski definition) is 3. The van der Waals surface area contributed by atoms with Crippen LogP contribution in [0.25, 0.3) is 0 Å². The van der Waals surface area contributed by atoms with Gasteiger partial charge < -0.3 is 19.6 Å². The minimum Gasteiger partial charge on any atom is -0.460 e. The number of ether oxygens (including phenoxy) is 1. The van der Waals surface area contributed by atoms with Crippen molar-refractivity contribution in [3.63, 3.8) is 0 Å². The lowest BCUT2D eigenvalue weighted by molar-refractivity contribution is -0.142. The lowest BCUT2D eigenvalue weighted by Crippen LogP contribution is -2.20. The Balaban J connectivity index is 0.000000885. The summed E-state index contributed by atoms with van der Waals surface area (Å²) in [5.74, 6) is -0.248. The number of rotatable bonds is 9. The van der Waals surface area contributed by atoms with Crippen LogP contribution in [0.3, 0.4) is 0 Å². The Kier molecular flexibility index (Phi) is 13.0. The second-order valence-electron chi connectivity index (χ2n) is 5.35. The standard InChI is InChI=1S/C14H26O3.H3O3P/c1-2-3-4-5-6-7-8-9-10-13-12(15)11-14(16)17-13;1-4(2)3/h12-13,15H,2-11H2,1H3;4H,(H2,1,2,3). The smallest absolute Gasteiger partial charge is 0.314 e. The highest BCUT2D eigenvalue weighted by Crippen LogP contribution is 2.20. The molecule has 1 aliphatic rings. The van der Waals surface area contributed by atoms with Crippen molar-refractivity contribution in [3.8, 4) is 0 Å². The summed E-state index contributed by atoms with van der Waals surface area (Å²) in [5, 5.41) is 9.51. The van der Waals surface area contributed by atoms with E-state index in [1.54, 1.807) is 0 Å². The molecule has 1 rings (SSSR count). The van der Waals surface area contributed by atoms with Crippen LogP contribution in [-0.2, 0) is 14.1 Å². The van der Waals surface area contributed by atoms with Crippen LogP contribution >= 0.6 is 8.25 Å². The number of carbonyl (C=O) groups is 1.